The first-order chi connectivity index (χ1) is 13.9. The highest BCUT2D eigenvalue weighted by atomic mass is 79.9. The number of carbonyl (C=O) groups is 2. The lowest BCUT2D eigenvalue weighted by Crippen LogP contribution is -2.21. The number of fused-ring (bicyclic) bond motifs is 1. The van der Waals surface area contributed by atoms with Gasteiger partial charge in [0.15, 0.2) is 6.61 Å². The third-order valence-electron chi connectivity index (χ3n) is 5.05. The van der Waals surface area contributed by atoms with Crippen LogP contribution in [0.2, 0.25) is 0 Å². The number of nitrogens with one attached hydrogen (secondary N) is 1. The molecule has 1 atom stereocenters. The van der Waals surface area contributed by atoms with Crippen LogP contribution < -0.4 is 10.1 Å². The molecule has 0 saturated heterocycles. The normalized spacial score (nSPS) is 15.5. The summed E-state index contributed by atoms with van der Waals surface area (Å²) in [6.07, 6.45) is 4.86. The SMILES string of the molecule is CCCc1ccc(OCC(=O)Nc2sc3c(c2C(=O)OC)CCC(C)C3)c(Br)c1. The fourth-order valence-corrected chi connectivity index (χ4v) is 5.52. The quantitative estimate of drug-likeness (QED) is 0.540. The van der Waals surface area contributed by atoms with Crippen molar-refractivity contribution in [2.24, 2.45) is 5.92 Å². The van der Waals surface area contributed by atoms with Crippen molar-refractivity contribution < 1.29 is 19.1 Å². The fraction of sp³-hybridized carbons (Fsp3) is 0.455. The standard InChI is InChI=1S/C22H26BrNO4S/c1-4-5-14-7-9-17(16(23)11-14)28-12-19(25)24-21-20(22(26)27-3)15-8-6-13(2)10-18(15)29-21/h7,9,11,13H,4-6,8,10,12H2,1-3H3,(H,24,25). The van der Waals surface area contributed by atoms with Gasteiger partial charge in [-0.1, -0.05) is 26.3 Å². The Hall–Kier alpha value is -1.86. The number of benzene rings is 1. The molecule has 7 heteroatoms. The molecule has 0 spiro atoms. The fourth-order valence-electron chi connectivity index (χ4n) is 3.57. The van der Waals surface area contributed by atoms with Crippen LogP contribution in [0.25, 0.3) is 0 Å². The largest absolute Gasteiger partial charge is 0.483 e. The molecule has 1 unspecified atom stereocenters. The van der Waals surface area contributed by atoms with Crippen LogP contribution in [0.1, 0.15) is 53.1 Å². The number of carbonyl (C=O) groups excluding carboxylic acids is 2. The Balaban J connectivity index is 1.70. The van der Waals surface area contributed by atoms with Gasteiger partial charge in [-0.25, -0.2) is 4.79 Å². The molecule has 156 valence electrons. The summed E-state index contributed by atoms with van der Waals surface area (Å²) in [4.78, 5) is 26.0. The minimum absolute atomic E-state index is 0.134. The molecule has 1 amide bonds. The smallest absolute Gasteiger partial charge is 0.341 e. The number of halogens is 1. The predicted molar refractivity (Wildman–Crippen MR) is 119 cm³/mol. The van der Waals surface area contributed by atoms with Gasteiger partial charge in [0.1, 0.15) is 10.8 Å². The van der Waals surface area contributed by atoms with Crippen molar-refractivity contribution in [3.8, 4) is 5.75 Å². The topological polar surface area (TPSA) is 64.6 Å². The zero-order valence-corrected chi connectivity index (χ0v) is 19.4. The summed E-state index contributed by atoms with van der Waals surface area (Å²) in [6, 6.07) is 5.89. The number of methoxy groups -OCH3 is 1. The summed E-state index contributed by atoms with van der Waals surface area (Å²) in [6.45, 7) is 4.20. The number of esters is 1. The van der Waals surface area contributed by atoms with Crippen LogP contribution in [-0.2, 0) is 28.8 Å². The van der Waals surface area contributed by atoms with Crippen molar-refractivity contribution in [3.05, 3.63) is 44.2 Å². The van der Waals surface area contributed by atoms with Gasteiger partial charge >= 0.3 is 5.97 Å². The van der Waals surface area contributed by atoms with Gasteiger partial charge in [0, 0.05) is 4.88 Å². The molecule has 1 N–H and O–H groups in total. The highest BCUT2D eigenvalue weighted by molar-refractivity contribution is 9.10. The Labute approximate surface area is 183 Å². The van der Waals surface area contributed by atoms with E-state index < -0.39 is 5.97 Å². The van der Waals surface area contributed by atoms with E-state index in [1.165, 1.54) is 24.0 Å². The maximum Gasteiger partial charge on any atom is 0.341 e. The monoisotopic (exact) mass is 479 g/mol. The molecule has 1 aromatic heterocycles. The number of rotatable bonds is 7. The number of aryl methyl sites for hydroxylation is 1. The van der Waals surface area contributed by atoms with Gasteiger partial charge in [-0.3, -0.25) is 4.79 Å². The van der Waals surface area contributed by atoms with Gasteiger partial charge in [-0.2, -0.15) is 0 Å². The first kappa shape index (κ1) is 21.8. The minimum Gasteiger partial charge on any atom is -0.483 e. The van der Waals surface area contributed by atoms with Crippen LogP contribution in [0.3, 0.4) is 0 Å². The number of anilines is 1. The van der Waals surface area contributed by atoms with E-state index in [2.05, 4.69) is 35.1 Å². The molecule has 0 aliphatic heterocycles. The van der Waals surface area contributed by atoms with Gasteiger partial charge in [-0.15, -0.1) is 11.3 Å². The van der Waals surface area contributed by atoms with Crippen molar-refractivity contribution >= 4 is 44.1 Å². The molecule has 1 aliphatic carbocycles. The van der Waals surface area contributed by atoms with Crippen molar-refractivity contribution in [2.75, 3.05) is 19.0 Å². The average Bonchev–Trinajstić information content (AvgIpc) is 3.03. The lowest BCUT2D eigenvalue weighted by atomic mass is 9.88. The zero-order valence-electron chi connectivity index (χ0n) is 17.0. The second kappa shape index (κ2) is 9.76. The Morgan fingerprint density at radius 3 is 2.83 bits per heavy atom. The third-order valence-corrected chi connectivity index (χ3v) is 6.84. The van der Waals surface area contributed by atoms with Crippen LogP contribution in [0.5, 0.6) is 5.75 Å². The summed E-state index contributed by atoms with van der Waals surface area (Å²) in [5.74, 6) is 0.493. The molecule has 1 aromatic carbocycles. The van der Waals surface area contributed by atoms with Crippen molar-refractivity contribution in [1.29, 1.82) is 0 Å². The summed E-state index contributed by atoms with van der Waals surface area (Å²) in [7, 11) is 1.37. The van der Waals surface area contributed by atoms with Gasteiger partial charge in [0.05, 0.1) is 17.1 Å². The molecule has 0 bridgehead atoms. The summed E-state index contributed by atoms with van der Waals surface area (Å²) in [5, 5.41) is 3.41. The molecule has 3 rings (SSSR count). The Bertz CT molecular complexity index is 908. The second-order valence-electron chi connectivity index (χ2n) is 7.40. The third kappa shape index (κ3) is 5.20. The van der Waals surface area contributed by atoms with Crippen molar-refractivity contribution in [3.63, 3.8) is 0 Å². The number of thiophene rings is 1. The highest BCUT2D eigenvalue weighted by Gasteiger charge is 2.28. The summed E-state index contributed by atoms with van der Waals surface area (Å²) in [5.41, 5.74) is 2.74. The van der Waals surface area contributed by atoms with E-state index in [4.69, 9.17) is 9.47 Å². The molecular formula is C22H26BrNO4S. The van der Waals surface area contributed by atoms with Crippen LogP contribution in [0, 0.1) is 5.92 Å². The Kier molecular flexibility index (Phi) is 7.35. The van der Waals surface area contributed by atoms with E-state index >= 15 is 0 Å². The Morgan fingerprint density at radius 2 is 2.14 bits per heavy atom. The first-order valence-corrected chi connectivity index (χ1v) is 11.5. The van der Waals surface area contributed by atoms with E-state index in [-0.39, 0.29) is 12.5 Å². The van der Waals surface area contributed by atoms with E-state index in [1.54, 1.807) is 0 Å². The van der Waals surface area contributed by atoms with E-state index in [0.717, 1.165) is 47.0 Å². The average molecular weight is 480 g/mol. The van der Waals surface area contributed by atoms with Crippen LogP contribution >= 0.6 is 27.3 Å². The summed E-state index contributed by atoms with van der Waals surface area (Å²) >= 11 is 4.97. The van der Waals surface area contributed by atoms with Gasteiger partial charge in [-0.05, 0) is 70.8 Å². The van der Waals surface area contributed by atoms with Gasteiger partial charge in [0.2, 0.25) is 0 Å². The second-order valence-corrected chi connectivity index (χ2v) is 9.36. The lowest BCUT2D eigenvalue weighted by molar-refractivity contribution is -0.118. The van der Waals surface area contributed by atoms with Crippen molar-refractivity contribution in [2.45, 2.75) is 46.0 Å². The van der Waals surface area contributed by atoms with E-state index in [0.29, 0.717) is 22.2 Å². The molecule has 1 aliphatic rings. The zero-order chi connectivity index (χ0) is 21.0. The molecule has 29 heavy (non-hydrogen) atoms. The van der Waals surface area contributed by atoms with Crippen LogP contribution in [0.15, 0.2) is 22.7 Å². The Morgan fingerprint density at radius 1 is 1.34 bits per heavy atom. The van der Waals surface area contributed by atoms with Crippen LogP contribution in [-0.4, -0.2) is 25.6 Å². The van der Waals surface area contributed by atoms with Crippen LogP contribution in [0.4, 0.5) is 5.00 Å². The minimum atomic E-state index is -0.400. The molecule has 0 fully saturated rings. The molecule has 5 nitrogen and oxygen atoms in total. The maximum atomic E-state index is 12.5. The number of ether oxygens (including phenoxy) is 2. The number of hydrogen-bond donors (Lipinski definition) is 1. The van der Waals surface area contributed by atoms with Crippen molar-refractivity contribution in [1.82, 2.24) is 0 Å². The highest BCUT2D eigenvalue weighted by Crippen LogP contribution is 2.40. The molecular weight excluding hydrogens is 454 g/mol. The summed E-state index contributed by atoms with van der Waals surface area (Å²) < 4.78 is 11.5. The molecule has 2 aromatic rings. The van der Waals surface area contributed by atoms with E-state index in [1.807, 2.05) is 18.2 Å². The van der Waals surface area contributed by atoms with E-state index in [9.17, 15) is 9.59 Å². The lowest BCUT2D eigenvalue weighted by Gasteiger charge is -2.18. The molecule has 1 heterocycles. The number of amides is 1. The van der Waals surface area contributed by atoms with Gasteiger partial charge in [0.25, 0.3) is 5.91 Å². The molecule has 0 radical (unpaired) electrons. The maximum absolute atomic E-state index is 12.5. The first-order valence-electron chi connectivity index (χ1n) is 9.86. The predicted octanol–water partition coefficient (Wildman–Crippen LogP) is 5.39. The van der Waals surface area contributed by atoms with Gasteiger partial charge < -0.3 is 14.8 Å². The number of hydrogen-bond acceptors (Lipinski definition) is 5. The molecule has 0 saturated carbocycles.